The lowest BCUT2D eigenvalue weighted by atomic mass is 10.2. The van der Waals surface area contributed by atoms with Gasteiger partial charge in [0, 0.05) is 42.2 Å². The van der Waals surface area contributed by atoms with E-state index in [2.05, 4.69) is 14.5 Å². The molecule has 0 fully saturated rings. The normalized spacial score (nSPS) is 11.1. The van der Waals surface area contributed by atoms with Crippen LogP contribution in [0, 0.1) is 10.1 Å². The maximum absolute atomic E-state index is 11.5. The fourth-order valence-corrected chi connectivity index (χ4v) is 3.41. The fraction of sp³-hybridized carbons (Fsp3) is 0.150. The number of amides is 1. The third-order valence-electron chi connectivity index (χ3n) is 4.77. The van der Waals surface area contributed by atoms with E-state index in [1.165, 1.54) is 12.1 Å². The number of non-ortho nitro benzene ring substituents is 1. The number of benzene rings is 2. The third-order valence-corrected chi connectivity index (χ3v) is 4.77. The molecule has 0 radical (unpaired) electrons. The summed E-state index contributed by atoms with van der Waals surface area (Å²) >= 11 is 0. The van der Waals surface area contributed by atoms with Gasteiger partial charge in [0.15, 0.2) is 0 Å². The van der Waals surface area contributed by atoms with Crippen LogP contribution in [0.3, 0.4) is 0 Å². The minimum absolute atomic E-state index is 0.0110. The molecule has 1 amide bonds. The molecule has 9 nitrogen and oxygen atoms in total. The molecule has 0 spiro atoms. The monoisotopic (exact) mass is 390 g/mol. The Hall–Kier alpha value is -4.01. The molecule has 0 saturated heterocycles. The van der Waals surface area contributed by atoms with E-state index in [1.807, 2.05) is 23.8 Å². The van der Waals surface area contributed by atoms with Crippen molar-refractivity contribution in [3.63, 3.8) is 0 Å². The van der Waals surface area contributed by atoms with Crippen LogP contribution in [0.4, 0.5) is 5.69 Å². The standard InChI is InChI=1S/C20H18N6O3/c1-2-25-17-7-6-13(19(21)27)11-16(17)23-18(25)12-24-9-8-22-20(24)14-4-3-5-15(10-14)26(28)29/h3-11H,2,12H2,1H3,(H2,21,27). The second-order valence-electron chi connectivity index (χ2n) is 6.53. The minimum atomic E-state index is -0.498. The predicted molar refractivity (Wildman–Crippen MR) is 107 cm³/mol. The molecule has 0 saturated carbocycles. The number of carbonyl (C=O) groups is 1. The van der Waals surface area contributed by atoms with E-state index in [0.717, 1.165) is 11.3 Å². The lowest BCUT2D eigenvalue weighted by molar-refractivity contribution is -0.384. The number of primary amides is 1. The van der Waals surface area contributed by atoms with Crippen LogP contribution in [0.5, 0.6) is 0 Å². The van der Waals surface area contributed by atoms with Crippen LogP contribution in [-0.4, -0.2) is 29.9 Å². The first-order valence-corrected chi connectivity index (χ1v) is 9.03. The van der Waals surface area contributed by atoms with E-state index in [9.17, 15) is 14.9 Å². The number of nitro groups is 1. The summed E-state index contributed by atoms with van der Waals surface area (Å²) in [4.78, 5) is 31.2. The van der Waals surface area contributed by atoms with Crippen molar-refractivity contribution in [1.29, 1.82) is 0 Å². The van der Waals surface area contributed by atoms with Crippen molar-refractivity contribution in [2.24, 2.45) is 5.73 Å². The highest BCUT2D eigenvalue weighted by molar-refractivity contribution is 5.96. The maximum atomic E-state index is 11.5. The highest BCUT2D eigenvalue weighted by Crippen LogP contribution is 2.24. The molecule has 2 heterocycles. The summed E-state index contributed by atoms with van der Waals surface area (Å²) in [6.07, 6.45) is 3.46. The molecule has 4 rings (SSSR count). The molecule has 29 heavy (non-hydrogen) atoms. The van der Waals surface area contributed by atoms with Crippen LogP contribution in [0.15, 0.2) is 54.9 Å². The van der Waals surface area contributed by atoms with Crippen LogP contribution >= 0.6 is 0 Å². The van der Waals surface area contributed by atoms with Gasteiger partial charge in [0.2, 0.25) is 5.91 Å². The molecule has 0 atom stereocenters. The summed E-state index contributed by atoms with van der Waals surface area (Å²) in [6, 6.07) is 11.6. The van der Waals surface area contributed by atoms with E-state index in [-0.39, 0.29) is 5.69 Å². The summed E-state index contributed by atoms with van der Waals surface area (Å²) < 4.78 is 3.94. The zero-order valence-corrected chi connectivity index (χ0v) is 15.6. The number of fused-ring (bicyclic) bond motifs is 1. The van der Waals surface area contributed by atoms with E-state index >= 15 is 0 Å². The number of nitrogens with two attached hydrogens (primary N) is 1. The molecule has 0 aliphatic rings. The number of hydrogen-bond donors (Lipinski definition) is 1. The average Bonchev–Trinajstić information content (AvgIpc) is 3.31. The van der Waals surface area contributed by atoms with Gasteiger partial charge in [-0.15, -0.1) is 0 Å². The first-order chi connectivity index (χ1) is 14.0. The lowest BCUT2D eigenvalue weighted by Gasteiger charge is -2.10. The van der Waals surface area contributed by atoms with Gasteiger partial charge >= 0.3 is 0 Å². The molecule has 4 aromatic rings. The predicted octanol–water partition coefficient (Wildman–Crippen LogP) is 2.98. The van der Waals surface area contributed by atoms with Gasteiger partial charge in [-0.3, -0.25) is 14.9 Å². The fourth-order valence-electron chi connectivity index (χ4n) is 3.41. The second kappa shape index (κ2) is 7.19. The number of aryl methyl sites for hydroxylation is 1. The van der Waals surface area contributed by atoms with Gasteiger partial charge in [-0.25, -0.2) is 9.97 Å². The Bertz CT molecular complexity index is 1240. The van der Waals surface area contributed by atoms with Gasteiger partial charge in [-0.2, -0.15) is 0 Å². The van der Waals surface area contributed by atoms with Crippen molar-refractivity contribution in [2.45, 2.75) is 20.0 Å². The van der Waals surface area contributed by atoms with Crippen molar-refractivity contribution in [1.82, 2.24) is 19.1 Å². The molecule has 0 aliphatic carbocycles. The maximum Gasteiger partial charge on any atom is 0.270 e. The summed E-state index contributed by atoms with van der Waals surface area (Å²) in [6.45, 7) is 3.14. The van der Waals surface area contributed by atoms with Gasteiger partial charge in [0.1, 0.15) is 11.6 Å². The van der Waals surface area contributed by atoms with Crippen LogP contribution < -0.4 is 5.73 Å². The smallest absolute Gasteiger partial charge is 0.270 e. The van der Waals surface area contributed by atoms with Crippen molar-refractivity contribution in [3.8, 4) is 11.4 Å². The summed E-state index contributed by atoms with van der Waals surface area (Å²) in [5.41, 5.74) is 8.04. The quantitative estimate of drug-likeness (QED) is 0.401. The van der Waals surface area contributed by atoms with Crippen LogP contribution in [0.2, 0.25) is 0 Å². The Morgan fingerprint density at radius 2 is 2.07 bits per heavy atom. The van der Waals surface area contributed by atoms with Crippen LogP contribution in [-0.2, 0) is 13.1 Å². The molecular formula is C20H18N6O3. The van der Waals surface area contributed by atoms with E-state index < -0.39 is 10.8 Å². The Kier molecular flexibility index (Phi) is 4.55. The Labute approximate surface area is 165 Å². The molecule has 146 valence electrons. The van der Waals surface area contributed by atoms with E-state index in [1.54, 1.807) is 30.5 Å². The van der Waals surface area contributed by atoms with Crippen molar-refractivity contribution < 1.29 is 9.72 Å². The topological polar surface area (TPSA) is 122 Å². The second-order valence-corrected chi connectivity index (χ2v) is 6.53. The molecule has 0 bridgehead atoms. The van der Waals surface area contributed by atoms with Crippen LogP contribution in [0.25, 0.3) is 22.4 Å². The van der Waals surface area contributed by atoms with Gasteiger partial charge in [0.05, 0.1) is 22.5 Å². The minimum Gasteiger partial charge on any atom is -0.366 e. The number of aromatic nitrogens is 4. The van der Waals surface area contributed by atoms with Crippen LogP contribution in [0.1, 0.15) is 23.1 Å². The molecule has 0 unspecified atom stereocenters. The Balaban J connectivity index is 1.75. The number of hydrogen-bond acceptors (Lipinski definition) is 5. The largest absolute Gasteiger partial charge is 0.366 e. The van der Waals surface area contributed by atoms with Gasteiger partial charge < -0.3 is 14.9 Å². The number of nitrogens with zero attached hydrogens (tertiary/aromatic N) is 5. The van der Waals surface area contributed by atoms with Crippen molar-refractivity contribution >= 4 is 22.6 Å². The zero-order valence-electron chi connectivity index (χ0n) is 15.6. The molecule has 2 aromatic carbocycles. The van der Waals surface area contributed by atoms with Gasteiger partial charge in [-0.1, -0.05) is 12.1 Å². The van der Waals surface area contributed by atoms with Gasteiger partial charge in [0.25, 0.3) is 5.69 Å². The highest BCUT2D eigenvalue weighted by atomic mass is 16.6. The molecule has 9 heteroatoms. The van der Waals surface area contributed by atoms with Crippen molar-refractivity contribution in [2.75, 3.05) is 0 Å². The lowest BCUT2D eigenvalue weighted by Crippen LogP contribution is -2.10. The first kappa shape index (κ1) is 18.4. The Morgan fingerprint density at radius 3 is 2.79 bits per heavy atom. The summed E-state index contributed by atoms with van der Waals surface area (Å²) in [5.74, 6) is 0.900. The summed E-state index contributed by atoms with van der Waals surface area (Å²) in [7, 11) is 0. The Morgan fingerprint density at radius 1 is 1.24 bits per heavy atom. The first-order valence-electron chi connectivity index (χ1n) is 9.03. The number of rotatable bonds is 6. The van der Waals surface area contributed by atoms with E-state index in [4.69, 9.17) is 5.73 Å². The molecule has 2 aromatic heterocycles. The zero-order chi connectivity index (χ0) is 20.5. The van der Waals surface area contributed by atoms with E-state index in [0.29, 0.717) is 35.6 Å². The van der Waals surface area contributed by atoms with Crippen molar-refractivity contribution in [3.05, 3.63) is 76.4 Å². The average molecular weight is 390 g/mol. The highest BCUT2D eigenvalue weighted by Gasteiger charge is 2.15. The molecule has 2 N–H and O–H groups in total. The number of imidazole rings is 2. The SMILES string of the molecule is CCn1c(Cn2ccnc2-c2cccc([N+](=O)[O-])c2)nc2cc(C(N)=O)ccc21. The number of carbonyl (C=O) groups excluding carboxylic acids is 1. The van der Waals surface area contributed by atoms with Gasteiger partial charge in [-0.05, 0) is 25.1 Å². The molecular weight excluding hydrogens is 372 g/mol. The third kappa shape index (κ3) is 3.33. The summed E-state index contributed by atoms with van der Waals surface area (Å²) in [5, 5.41) is 11.1. The number of nitro benzene ring substituents is 1. The molecule has 0 aliphatic heterocycles.